The van der Waals surface area contributed by atoms with Crippen molar-refractivity contribution in [3.63, 3.8) is 0 Å². The Morgan fingerprint density at radius 2 is 1.74 bits per heavy atom. The number of fused-ring (bicyclic) bond motifs is 1. The molecule has 2 aromatic carbocycles. The van der Waals surface area contributed by atoms with Crippen LogP contribution in [0.15, 0.2) is 48.5 Å². The molecule has 0 saturated heterocycles. The molecule has 140 valence electrons. The normalized spacial score (nSPS) is 19.0. The molecule has 2 atom stereocenters. The van der Waals surface area contributed by atoms with Crippen LogP contribution in [0.25, 0.3) is 0 Å². The first-order chi connectivity index (χ1) is 13.0. The first-order valence-corrected chi connectivity index (χ1v) is 9.72. The number of nitrogens with one attached hydrogen (secondary N) is 1. The minimum Gasteiger partial charge on any atom is -0.366 e. The van der Waals surface area contributed by atoms with Crippen molar-refractivity contribution in [3.05, 3.63) is 70.8 Å². The van der Waals surface area contributed by atoms with E-state index in [0.29, 0.717) is 11.9 Å². The third kappa shape index (κ3) is 3.42. The summed E-state index contributed by atoms with van der Waals surface area (Å²) >= 11 is 0. The third-order valence-electron chi connectivity index (χ3n) is 5.48. The summed E-state index contributed by atoms with van der Waals surface area (Å²) in [6.45, 7) is 6.60. The molecule has 3 N–H and O–H groups in total. The quantitative estimate of drug-likeness (QED) is 0.707. The second-order valence-electron chi connectivity index (χ2n) is 7.60. The molecule has 0 spiro atoms. The molecule has 5 heteroatoms. The summed E-state index contributed by atoms with van der Waals surface area (Å²) in [6, 6.07) is 18.0. The SMILES string of the molecule is CCc1ccc(C2CC(c3ccc(C(C)C)cc3)n3nc(N)nc3N2)cc1. The maximum absolute atomic E-state index is 5.90. The molecule has 2 heterocycles. The molecular weight excluding hydrogens is 334 g/mol. The summed E-state index contributed by atoms with van der Waals surface area (Å²) in [4.78, 5) is 4.40. The molecule has 0 aliphatic carbocycles. The lowest BCUT2D eigenvalue weighted by Crippen LogP contribution is -2.28. The number of rotatable bonds is 4. The number of nitrogens with two attached hydrogens (primary N) is 1. The van der Waals surface area contributed by atoms with Gasteiger partial charge in [0.1, 0.15) is 0 Å². The second kappa shape index (κ2) is 7.06. The maximum Gasteiger partial charge on any atom is 0.241 e. The van der Waals surface area contributed by atoms with Gasteiger partial charge in [-0.25, -0.2) is 4.68 Å². The van der Waals surface area contributed by atoms with Crippen LogP contribution in [0.4, 0.5) is 11.9 Å². The summed E-state index contributed by atoms with van der Waals surface area (Å²) in [7, 11) is 0. The second-order valence-corrected chi connectivity index (χ2v) is 7.60. The van der Waals surface area contributed by atoms with E-state index in [-0.39, 0.29) is 12.1 Å². The molecule has 0 amide bonds. The summed E-state index contributed by atoms with van der Waals surface area (Å²) in [6.07, 6.45) is 1.95. The minimum absolute atomic E-state index is 0.114. The zero-order valence-corrected chi connectivity index (χ0v) is 16.2. The molecule has 0 fully saturated rings. The van der Waals surface area contributed by atoms with Crippen LogP contribution in [-0.2, 0) is 6.42 Å². The molecule has 3 aromatic rings. The van der Waals surface area contributed by atoms with Gasteiger partial charge in [-0.2, -0.15) is 4.98 Å². The van der Waals surface area contributed by atoms with E-state index in [4.69, 9.17) is 5.73 Å². The summed E-state index contributed by atoms with van der Waals surface area (Å²) in [5, 5.41) is 7.95. The maximum atomic E-state index is 5.90. The third-order valence-corrected chi connectivity index (χ3v) is 5.48. The van der Waals surface area contributed by atoms with Gasteiger partial charge in [0.05, 0.1) is 12.1 Å². The average molecular weight is 361 g/mol. The first-order valence-electron chi connectivity index (χ1n) is 9.72. The Morgan fingerprint density at radius 3 is 2.37 bits per heavy atom. The van der Waals surface area contributed by atoms with Crippen molar-refractivity contribution in [2.24, 2.45) is 0 Å². The number of benzene rings is 2. The van der Waals surface area contributed by atoms with Gasteiger partial charge in [0.25, 0.3) is 0 Å². The van der Waals surface area contributed by atoms with Gasteiger partial charge in [0, 0.05) is 0 Å². The number of hydrogen-bond donors (Lipinski definition) is 2. The largest absolute Gasteiger partial charge is 0.366 e. The van der Waals surface area contributed by atoms with Gasteiger partial charge in [-0.1, -0.05) is 69.3 Å². The van der Waals surface area contributed by atoms with Crippen LogP contribution < -0.4 is 11.1 Å². The molecule has 1 aromatic heterocycles. The van der Waals surface area contributed by atoms with Gasteiger partial charge in [-0.3, -0.25) is 0 Å². The molecule has 4 rings (SSSR count). The highest BCUT2D eigenvalue weighted by atomic mass is 15.4. The summed E-state index contributed by atoms with van der Waals surface area (Å²) in [5.41, 5.74) is 11.1. The van der Waals surface area contributed by atoms with Crippen molar-refractivity contribution in [1.82, 2.24) is 14.8 Å². The zero-order valence-electron chi connectivity index (χ0n) is 16.2. The molecule has 2 unspecified atom stereocenters. The highest BCUT2D eigenvalue weighted by Crippen LogP contribution is 2.38. The van der Waals surface area contributed by atoms with E-state index >= 15 is 0 Å². The Balaban J connectivity index is 1.69. The van der Waals surface area contributed by atoms with E-state index in [1.807, 2.05) is 4.68 Å². The van der Waals surface area contributed by atoms with Gasteiger partial charge in [0.15, 0.2) is 0 Å². The van der Waals surface area contributed by atoms with Crippen molar-refractivity contribution in [3.8, 4) is 0 Å². The molecule has 1 aliphatic rings. The Hall–Kier alpha value is -2.82. The lowest BCUT2D eigenvalue weighted by Gasteiger charge is -2.32. The highest BCUT2D eigenvalue weighted by molar-refractivity contribution is 5.42. The highest BCUT2D eigenvalue weighted by Gasteiger charge is 2.30. The number of aryl methyl sites for hydroxylation is 1. The number of nitrogen functional groups attached to an aromatic ring is 1. The molecule has 1 aliphatic heterocycles. The fraction of sp³-hybridized carbons (Fsp3) is 0.364. The van der Waals surface area contributed by atoms with Crippen LogP contribution in [0.3, 0.4) is 0 Å². The molecule has 0 saturated carbocycles. The number of nitrogens with zero attached hydrogens (tertiary/aromatic N) is 3. The summed E-state index contributed by atoms with van der Waals surface area (Å²) < 4.78 is 1.93. The van der Waals surface area contributed by atoms with E-state index in [1.165, 1.54) is 22.3 Å². The van der Waals surface area contributed by atoms with Crippen molar-refractivity contribution < 1.29 is 0 Å². The number of anilines is 2. The number of aromatic nitrogens is 3. The lowest BCUT2D eigenvalue weighted by molar-refractivity contribution is 0.431. The van der Waals surface area contributed by atoms with Crippen LogP contribution in [0.1, 0.15) is 67.4 Å². The van der Waals surface area contributed by atoms with Crippen LogP contribution in [0, 0.1) is 0 Å². The van der Waals surface area contributed by atoms with Gasteiger partial charge in [-0.15, -0.1) is 5.10 Å². The van der Waals surface area contributed by atoms with Crippen LogP contribution >= 0.6 is 0 Å². The van der Waals surface area contributed by atoms with E-state index < -0.39 is 0 Å². The number of hydrogen-bond acceptors (Lipinski definition) is 4. The fourth-order valence-electron chi connectivity index (χ4n) is 3.78. The van der Waals surface area contributed by atoms with E-state index in [9.17, 15) is 0 Å². The van der Waals surface area contributed by atoms with Crippen molar-refractivity contribution in [2.45, 2.75) is 51.6 Å². The van der Waals surface area contributed by atoms with Gasteiger partial charge >= 0.3 is 0 Å². The zero-order chi connectivity index (χ0) is 19.0. The smallest absolute Gasteiger partial charge is 0.241 e. The van der Waals surface area contributed by atoms with Crippen molar-refractivity contribution >= 4 is 11.9 Å². The van der Waals surface area contributed by atoms with Crippen LogP contribution in [0.2, 0.25) is 0 Å². The van der Waals surface area contributed by atoms with Gasteiger partial charge < -0.3 is 11.1 Å². The Labute approximate surface area is 160 Å². The van der Waals surface area contributed by atoms with E-state index in [1.54, 1.807) is 0 Å². The van der Waals surface area contributed by atoms with Crippen LogP contribution in [0.5, 0.6) is 0 Å². The monoisotopic (exact) mass is 361 g/mol. The molecule has 0 radical (unpaired) electrons. The Bertz CT molecular complexity index is 909. The predicted octanol–water partition coefficient (Wildman–Crippen LogP) is 4.69. The molecule has 27 heavy (non-hydrogen) atoms. The van der Waals surface area contributed by atoms with Crippen molar-refractivity contribution in [2.75, 3.05) is 11.1 Å². The van der Waals surface area contributed by atoms with Gasteiger partial charge in [0.2, 0.25) is 11.9 Å². The standard InChI is InChI=1S/C22H27N5/c1-4-15-5-7-17(8-6-15)19-13-20(27-22(24-19)25-21(23)26-27)18-11-9-16(10-12-18)14(2)3/h5-12,14,19-20H,4,13H2,1-3H3,(H3,23,24,25,26). The summed E-state index contributed by atoms with van der Waals surface area (Å²) in [5.74, 6) is 1.57. The van der Waals surface area contributed by atoms with E-state index in [2.05, 4.69) is 84.7 Å². The minimum atomic E-state index is 0.114. The molecular formula is C22H27N5. The first kappa shape index (κ1) is 17.6. The Kier molecular flexibility index (Phi) is 4.60. The lowest BCUT2D eigenvalue weighted by atomic mass is 9.91. The van der Waals surface area contributed by atoms with Crippen LogP contribution in [-0.4, -0.2) is 14.8 Å². The Morgan fingerprint density at radius 1 is 1.07 bits per heavy atom. The topological polar surface area (TPSA) is 68.8 Å². The average Bonchev–Trinajstić information content (AvgIpc) is 3.07. The van der Waals surface area contributed by atoms with Crippen molar-refractivity contribution in [1.29, 1.82) is 0 Å². The van der Waals surface area contributed by atoms with E-state index in [0.717, 1.165) is 18.8 Å². The fourth-order valence-corrected chi connectivity index (χ4v) is 3.78. The molecule has 5 nitrogen and oxygen atoms in total. The van der Waals surface area contributed by atoms with Gasteiger partial charge in [-0.05, 0) is 41.0 Å². The predicted molar refractivity (Wildman–Crippen MR) is 110 cm³/mol. The molecule has 0 bridgehead atoms.